The van der Waals surface area contributed by atoms with Crippen LogP contribution in [-0.2, 0) is 5.54 Å². The third kappa shape index (κ3) is 2.33. The lowest BCUT2D eigenvalue weighted by Gasteiger charge is -2.30. The van der Waals surface area contributed by atoms with E-state index in [1.807, 2.05) is 35.0 Å². The second kappa shape index (κ2) is 5.33. The van der Waals surface area contributed by atoms with Crippen molar-refractivity contribution in [2.24, 2.45) is 5.73 Å². The van der Waals surface area contributed by atoms with E-state index in [1.54, 1.807) is 11.3 Å². The van der Waals surface area contributed by atoms with E-state index >= 15 is 0 Å². The molecule has 114 valence electrons. The van der Waals surface area contributed by atoms with Gasteiger partial charge in [0.15, 0.2) is 0 Å². The molecule has 2 aromatic heterocycles. The number of hydrogen-bond acceptors (Lipinski definition) is 4. The standard InChI is InChI=1S/C16H17ClN4S/c17-12-6-4-11(5-7-12)13-10-19-15-21(13)20-14(22-15)16(18)8-2-1-3-9-16/h4-7,10H,1-3,8-9,18H2. The van der Waals surface area contributed by atoms with Crippen molar-refractivity contribution in [2.75, 3.05) is 0 Å². The van der Waals surface area contributed by atoms with E-state index in [0.29, 0.717) is 0 Å². The molecule has 1 fully saturated rings. The Morgan fingerprint density at radius 1 is 1.14 bits per heavy atom. The summed E-state index contributed by atoms with van der Waals surface area (Å²) in [5.41, 5.74) is 8.36. The highest BCUT2D eigenvalue weighted by molar-refractivity contribution is 7.16. The monoisotopic (exact) mass is 332 g/mol. The summed E-state index contributed by atoms with van der Waals surface area (Å²) in [4.78, 5) is 5.39. The van der Waals surface area contributed by atoms with Crippen molar-refractivity contribution < 1.29 is 0 Å². The number of imidazole rings is 1. The first-order chi connectivity index (χ1) is 10.7. The molecule has 1 saturated carbocycles. The van der Waals surface area contributed by atoms with Crippen molar-refractivity contribution in [3.8, 4) is 11.3 Å². The molecular weight excluding hydrogens is 316 g/mol. The predicted octanol–water partition coefficient (Wildman–Crippen LogP) is 4.23. The zero-order chi connectivity index (χ0) is 15.2. The molecule has 0 bridgehead atoms. The van der Waals surface area contributed by atoms with Gasteiger partial charge >= 0.3 is 0 Å². The maximum Gasteiger partial charge on any atom is 0.212 e. The topological polar surface area (TPSA) is 56.2 Å². The van der Waals surface area contributed by atoms with Crippen LogP contribution in [0.5, 0.6) is 0 Å². The maximum absolute atomic E-state index is 6.60. The van der Waals surface area contributed by atoms with E-state index in [1.165, 1.54) is 19.3 Å². The van der Waals surface area contributed by atoms with E-state index in [-0.39, 0.29) is 5.54 Å². The van der Waals surface area contributed by atoms with Crippen LogP contribution in [-0.4, -0.2) is 14.6 Å². The second-order valence-corrected chi connectivity index (χ2v) is 7.36. The third-order valence-electron chi connectivity index (χ3n) is 4.40. The minimum absolute atomic E-state index is 0.277. The quantitative estimate of drug-likeness (QED) is 0.764. The number of benzene rings is 1. The number of fused-ring (bicyclic) bond motifs is 1. The van der Waals surface area contributed by atoms with Crippen LogP contribution in [0.3, 0.4) is 0 Å². The molecule has 4 nitrogen and oxygen atoms in total. The Morgan fingerprint density at radius 2 is 1.86 bits per heavy atom. The van der Waals surface area contributed by atoms with E-state index in [4.69, 9.17) is 22.4 Å². The fourth-order valence-electron chi connectivity index (χ4n) is 3.11. The molecule has 22 heavy (non-hydrogen) atoms. The first-order valence-electron chi connectivity index (χ1n) is 7.56. The Bertz CT molecular complexity index is 799. The fraction of sp³-hybridized carbons (Fsp3) is 0.375. The number of halogens is 1. The van der Waals surface area contributed by atoms with Crippen LogP contribution in [0.15, 0.2) is 30.5 Å². The molecule has 0 unspecified atom stereocenters. The van der Waals surface area contributed by atoms with Gasteiger partial charge in [-0.2, -0.15) is 5.10 Å². The van der Waals surface area contributed by atoms with Gasteiger partial charge in [-0.05, 0) is 25.0 Å². The maximum atomic E-state index is 6.60. The van der Waals surface area contributed by atoms with Gasteiger partial charge in [-0.3, -0.25) is 0 Å². The van der Waals surface area contributed by atoms with E-state index < -0.39 is 0 Å². The molecule has 4 rings (SSSR count). The van der Waals surface area contributed by atoms with Crippen LogP contribution < -0.4 is 5.73 Å². The van der Waals surface area contributed by atoms with Crippen LogP contribution in [0.25, 0.3) is 16.2 Å². The van der Waals surface area contributed by atoms with Gasteiger partial charge < -0.3 is 5.73 Å². The van der Waals surface area contributed by atoms with Crippen molar-refractivity contribution in [3.05, 3.63) is 40.5 Å². The van der Waals surface area contributed by atoms with Crippen LogP contribution in [0.2, 0.25) is 5.02 Å². The van der Waals surface area contributed by atoms with E-state index in [0.717, 1.165) is 39.1 Å². The Morgan fingerprint density at radius 3 is 2.59 bits per heavy atom. The molecule has 0 radical (unpaired) electrons. The summed E-state index contributed by atoms with van der Waals surface area (Å²) in [7, 11) is 0. The lowest BCUT2D eigenvalue weighted by molar-refractivity contribution is 0.299. The van der Waals surface area contributed by atoms with Gasteiger partial charge in [-0.25, -0.2) is 9.50 Å². The molecule has 0 aliphatic heterocycles. The minimum atomic E-state index is -0.277. The summed E-state index contributed by atoms with van der Waals surface area (Å²) in [5.74, 6) is 0. The smallest absolute Gasteiger partial charge is 0.212 e. The molecule has 6 heteroatoms. The van der Waals surface area contributed by atoms with Crippen molar-refractivity contribution in [2.45, 2.75) is 37.6 Å². The zero-order valence-electron chi connectivity index (χ0n) is 12.1. The highest BCUT2D eigenvalue weighted by atomic mass is 35.5. The highest BCUT2D eigenvalue weighted by Crippen LogP contribution is 2.37. The highest BCUT2D eigenvalue weighted by Gasteiger charge is 2.33. The summed E-state index contributed by atoms with van der Waals surface area (Å²) in [6.07, 6.45) is 7.53. The van der Waals surface area contributed by atoms with Crippen molar-refractivity contribution in [1.82, 2.24) is 14.6 Å². The molecule has 3 aromatic rings. The van der Waals surface area contributed by atoms with Gasteiger partial charge in [0, 0.05) is 10.6 Å². The Labute approximate surface area is 137 Å². The lowest BCUT2D eigenvalue weighted by Crippen LogP contribution is -2.38. The average Bonchev–Trinajstić information content (AvgIpc) is 3.10. The van der Waals surface area contributed by atoms with Crippen LogP contribution in [0.1, 0.15) is 37.1 Å². The lowest BCUT2D eigenvalue weighted by atomic mass is 9.83. The summed E-state index contributed by atoms with van der Waals surface area (Å²) in [5, 5.41) is 6.52. The van der Waals surface area contributed by atoms with Gasteiger partial charge in [0.1, 0.15) is 5.01 Å². The molecule has 2 N–H and O–H groups in total. The molecule has 1 aromatic carbocycles. The van der Waals surface area contributed by atoms with Gasteiger partial charge in [-0.15, -0.1) is 0 Å². The van der Waals surface area contributed by atoms with Crippen molar-refractivity contribution in [1.29, 1.82) is 0 Å². The fourth-order valence-corrected chi connectivity index (χ4v) is 4.27. The Balaban J connectivity index is 1.77. The SMILES string of the molecule is NC1(c2nn3c(-c4ccc(Cl)cc4)cnc3s2)CCCCC1. The van der Waals surface area contributed by atoms with Crippen molar-refractivity contribution >= 4 is 27.9 Å². The first-order valence-corrected chi connectivity index (χ1v) is 8.75. The van der Waals surface area contributed by atoms with Gasteiger partial charge in [0.05, 0.1) is 17.4 Å². The molecule has 1 aliphatic rings. The van der Waals surface area contributed by atoms with Gasteiger partial charge in [0.25, 0.3) is 0 Å². The van der Waals surface area contributed by atoms with Crippen LogP contribution in [0.4, 0.5) is 0 Å². The Kier molecular flexibility index (Phi) is 3.44. The van der Waals surface area contributed by atoms with Crippen LogP contribution in [0, 0.1) is 0 Å². The van der Waals surface area contributed by atoms with Crippen LogP contribution >= 0.6 is 22.9 Å². The van der Waals surface area contributed by atoms with E-state index in [2.05, 4.69) is 4.98 Å². The third-order valence-corrected chi connectivity index (χ3v) is 5.79. The molecule has 0 spiro atoms. The normalized spacial score (nSPS) is 17.9. The Hall–Kier alpha value is -1.43. The summed E-state index contributed by atoms with van der Waals surface area (Å²) >= 11 is 7.57. The molecule has 1 aliphatic carbocycles. The number of nitrogens with two attached hydrogens (primary N) is 1. The minimum Gasteiger partial charge on any atom is -0.319 e. The zero-order valence-corrected chi connectivity index (χ0v) is 13.7. The van der Waals surface area contributed by atoms with E-state index in [9.17, 15) is 0 Å². The number of rotatable bonds is 2. The number of hydrogen-bond donors (Lipinski definition) is 1. The predicted molar refractivity (Wildman–Crippen MR) is 90.3 cm³/mol. The number of nitrogens with zero attached hydrogens (tertiary/aromatic N) is 3. The van der Waals surface area contributed by atoms with Gasteiger partial charge in [0.2, 0.25) is 4.96 Å². The molecule has 0 saturated heterocycles. The molecule has 0 amide bonds. The first kappa shape index (κ1) is 14.2. The average molecular weight is 333 g/mol. The molecular formula is C16H17ClN4S. The summed E-state index contributed by atoms with van der Waals surface area (Å²) in [6.45, 7) is 0. The largest absolute Gasteiger partial charge is 0.319 e. The number of aromatic nitrogens is 3. The van der Waals surface area contributed by atoms with Crippen molar-refractivity contribution in [3.63, 3.8) is 0 Å². The summed E-state index contributed by atoms with van der Waals surface area (Å²) < 4.78 is 1.91. The molecule has 2 heterocycles. The van der Waals surface area contributed by atoms with Gasteiger partial charge in [-0.1, -0.05) is 54.3 Å². The summed E-state index contributed by atoms with van der Waals surface area (Å²) in [6, 6.07) is 7.75. The second-order valence-electron chi connectivity index (χ2n) is 5.97. The molecule has 0 atom stereocenters.